The van der Waals surface area contributed by atoms with Gasteiger partial charge >= 0.3 is 5.69 Å². The summed E-state index contributed by atoms with van der Waals surface area (Å²) in [6.45, 7) is 7.94. The fourth-order valence-corrected chi connectivity index (χ4v) is 2.67. The van der Waals surface area contributed by atoms with E-state index in [4.69, 9.17) is 0 Å². The normalized spacial score (nSPS) is 11.4. The molecule has 0 amide bonds. The van der Waals surface area contributed by atoms with Crippen LogP contribution in [0.3, 0.4) is 0 Å². The van der Waals surface area contributed by atoms with E-state index in [0.29, 0.717) is 37.3 Å². The van der Waals surface area contributed by atoms with E-state index in [-0.39, 0.29) is 11.2 Å². The van der Waals surface area contributed by atoms with E-state index in [0.717, 1.165) is 12.2 Å². The molecule has 0 fully saturated rings. The first-order valence-electron chi connectivity index (χ1n) is 7.47. The van der Waals surface area contributed by atoms with Crippen LogP contribution in [0.15, 0.2) is 9.59 Å². The van der Waals surface area contributed by atoms with Crippen LogP contribution in [0.25, 0.3) is 11.2 Å². The summed E-state index contributed by atoms with van der Waals surface area (Å²) in [4.78, 5) is 29.6. The molecule has 7 nitrogen and oxygen atoms in total. The van der Waals surface area contributed by atoms with Gasteiger partial charge in [-0.05, 0) is 27.3 Å². The molecule has 0 aromatic carbocycles. The van der Waals surface area contributed by atoms with Crippen molar-refractivity contribution in [2.75, 3.05) is 7.05 Å². The van der Waals surface area contributed by atoms with Gasteiger partial charge < -0.3 is 9.88 Å². The van der Waals surface area contributed by atoms with Gasteiger partial charge in [-0.25, -0.2) is 9.78 Å². The van der Waals surface area contributed by atoms with Gasteiger partial charge in [0, 0.05) is 19.6 Å². The minimum atomic E-state index is -0.270. The van der Waals surface area contributed by atoms with Gasteiger partial charge in [0.2, 0.25) is 0 Å². The van der Waals surface area contributed by atoms with Gasteiger partial charge in [0.05, 0.1) is 6.54 Å². The highest BCUT2D eigenvalue weighted by Gasteiger charge is 2.19. The monoisotopic (exact) mass is 293 g/mol. The molecule has 2 heterocycles. The van der Waals surface area contributed by atoms with E-state index < -0.39 is 0 Å². The SMILES string of the molecule is CCCn1c(=O)n(CC)c(=O)c2c1nc(CNC)n2CC. The average Bonchev–Trinajstić information content (AvgIpc) is 2.83. The highest BCUT2D eigenvalue weighted by atomic mass is 16.2. The van der Waals surface area contributed by atoms with Crippen molar-refractivity contribution < 1.29 is 0 Å². The van der Waals surface area contributed by atoms with Crippen molar-refractivity contribution in [2.45, 2.75) is 53.4 Å². The predicted molar refractivity (Wildman–Crippen MR) is 82.7 cm³/mol. The Kier molecular flexibility index (Phi) is 4.62. The van der Waals surface area contributed by atoms with Gasteiger partial charge in [0.15, 0.2) is 11.2 Å². The van der Waals surface area contributed by atoms with Crippen LogP contribution >= 0.6 is 0 Å². The molecule has 116 valence electrons. The molecule has 0 unspecified atom stereocenters. The molecule has 2 rings (SSSR count). The van der Waals surface area contributed by atoms with Crippen molar-refractivity contribution in [1.29, 1.82) is 0 Å². The Labute approximate surface area is 123 Å². The first-order chi connectivity index (χ1) is 10.1. The lowest BCUT2D eigenvalue weighted by molar-refractivity contribution is 0.578. The van der Waals surface area contributed by atoms with Crippen LogP contribution in [-0.4, -0.2) is 25.7 Å². The Bertz CT molecular complexity index is 753. The lowest BCUT2D eigenvalue weighted by Gasteiger charge is -2.10. The standard InChI is InChI=1S/C14H23N5O2/c1-5-8-19-12-11(13(20)18(7-3)14(19)21)17(6-2)10(16-12)9-15-4/h15H,5-9H2,1-4H3. The first kappa shape index (κ1) is 15.5. The summed E-state index contributed by atoms with van der Waals surface area (Å²) >= 11 is 0. The molecule has 0 atom stereocenters. The van der Waals surface area contributed by atoms with Crippen molar-refractivity contribution in [3.8, 4) is 0 Å². The largest absolute Gasteiger partial charge is 0.332 e. The number of aryl methyl sites for hydroxylation is 2. The van der Waals surface area contributed by atoms with Gasteiger partial charge in [0.1, 0.15) is 5.82 Å². The fraction of sp³-hybridized carbons (Fsp3) is 0.643. The zero-order valence-corrected chi connectivity index (χ0v) is 13.1. The van der Waals surface area contributed by atoms with E-state index in [2.05, 4.69) is 10.3 Å². The van der Waals surface area contributed by atoms with Crippen LogP contribution in [0.5, 0.6) is 0 Å². The summed E-state index contributed by atoms with van der Waals surface area (Å²) in [5, 5.41) is 3.05. The third-order valence-corrected chi connectivity index (χ3v) is 3.61. The Hall–Kier alpha value is -1.89. The Balaban J connectivity index is 2.94. The highest BCUT2D eigenvalue weighted by Crippen LogP contribution is 2.12. The first-order valence-corrected chi connectivity index (χ1v) is 7.47. The molecule has 0 spiro atoms. The Morgan fingerprint density at radius 2 is 1.71 bits per heavy atom. The topological polar surface area (TPSA) is 73.8 Å². The molecule has 0 bridgehead atoms. The van der Waals surface area contributed by atoms with Crippen molar-refractivity contribution in [2.24, 2.45) is 0 Å². The molecule has 1 N–H and O–H groups in total. The summed E-state index contributed by atoms with van der Waals surface area (Å²) in [6, 6.07) is 0. The summed E-state index contributed by atoms with van der Waals surface area (Å²) in [5.74, 6) is 0.783. The number of rotatable bonds is 6. The zero-order chi connectivity index (χ0) is 15.6. The summed E-state index contributed by atoms with van der Waals surface area (Å²) < 4.78 is 4.80. The number of hydrogen-bond acceptors (Lipinski definition) is 4. The molecule has 0 saturated carbocycles. The van der Waals surface area contributed by atoms with E-state index >= 15 is 0 Å². The number of hydrogen-bond donors (Lipinski definition) is 1. The quantitative estimate of drug-likeness (QED) is 0.843. The number of fused-ring (bicyclic) bond motifs is 1. The minimum Gasteiger partial charge on any atom is -0.321 e. The van der Waals surface area contributed by atoms with Crippen LogP contribution in [0.1, 0.15) is 33.0 Å². The molecule has 7 heteroatoms. The third kappa shape index (κ3) is 2.42. The zero-order valence-electron chi connectivity index (χ0n) is 13.1. The number of aromatic nitrogens is 4. The van der Waals surface area contributed by atoms with E-state index in [1.165, 1.54) is 4.57 Å². The van der Waals surface area contributed by atoms with Crippen LogP contribution in [0.2, 0.25) is 0 Å². The fourth-order valence-electron chi connectivity index (χ4n) is 2.67. The van der Waals surface area contributed by atoms with Crippen molar-refractivity contribution >= 4 is 11.2 Å². The molecule has 0 radical (unpaired) electrons. The maximum Gasteiger partial charge on any atom is 0.332 e. The number of nitrogens with zero attached hydrogens (tertiary/aromatic N) is 4. The van der Waals surface area contributed by atoms with Gasteiger partial charge in [-0.3, -0.25) is 13.9 Å². The second-order valence-corrected chi connectivity index (χ2v) is 4.96. The van der Waals surface area contributed by atoms with Crippen LogP contribution < -0.4 is 16.6 Å². The maximum atomic E-state index is 12.6. The van der Waals surface area contributed by atoms with E-state index in [1.54, 1.807) is 4.57 Å². The maximum absolute atomic E-state index is 12.6. The molecule has 0 saturated heterocycles. The van der Waals surface area contributed by atoms with Crippen LogP contribution in [-0.2, 0) is 26.2 Å². The molecule has 2 aromatic heterocycles. The van der Waals surface area contributed by atoms with Gasteiger partial charge in [-0.2, -0.15) is 0 Å². The second kappa shape index (κ2) is 6.26. The van der Waals surface area contributed by atoms with Crippen molar-refractivity contribution in [1.82, 2.24) is 24.0 Å². The molecule has 21 heavy (non-hydrogen) atoms. The summed E-state index contributed by atoms with van der Waals surface area (Å²) in [5.41, 5.74) is 0.511. The second-order valence-electron chi connectivity index (χ2n) is 4.96. The lowest BCUT2D eigenvalue weighted by atomic mass is 10.4. The van der Waals surface area contributed by atoms with E-state index in [1.807, 2.05) is 32.4 Å². The molecule has 0 aliphatic rings. The molecular weight excluding hydrogens is 270 g/mol. The lowest BCUT2D eigenvalue weighted by Crippen LogP contribution is -2.40. The molecule has 0 aliphatic carbocycles. The minimum absolute atomic E-state index is 0.249. The highest BCUT2D eigenvalue weighted by molar-refractivity contribution is 5.71. The smallest absolute Gasteiger partial charge is 0.321 e. The van der Waals surface area contributed by atoms with Crippen LogP contribution in [0.4, 0.5) is 0 Å². The van der Waals surface area contributed by atoms with E-state index in [9.17, 15) is 9.59 Å². The average molecular weight is 293 g/mol. The Morgan fingerprint density at radius 3 is 2.24 bits per heavy atom. The summed E-state index contributed by atoms with van der Waals surface area (Å²) in [7, 11) is 1.84. The summed E-state index contributed by atoms with van der Waals surface area (Å²) in [6.07, 6.45) is 0.817. The van der Waals surface area contributed by atoms with Crippen molar-refractivity contribution in [3.63, 3.8) is 0 Å². The van der Waals surface area contributed by atoms with Crippen molar-refractivity contribution in [3.05, 3.63) is 26.7 Å². The number of nitrogens with one attached hydrogen (secondary N) is 1. The predicted octanol–water partition coefficient (Wildman–Crippen LogP) is 0.529. The van der Waals surface area contributed by atoms with Crippen LogP contribution in [0, 0.1) is 0 Å². The molecular formula is C14H23N5O2. The van der Waals surface area contributed by atoms with Gasteiger partial charge in [-0.15, -0.1) is 0 Å². The third-order valence-electron chi connectivity index (χ3n) is 3.61. The Morgan fingerprint density at radius 1 is 1.05 bits per heavy atom. The van der Waals surface area contributed by atoms with Gasteiger partial charge in [-0.1, -0.05) is 6.92 Å². The number of imidazole rings is 1. The molecule has 2 aromatic rings. The molecule has 0 aliphatic heterocycles. The van der Waals surface area contributed by atoms with Gasteiger partial charge in [0.25, 0.3) is 5.56 Å².